The number of rotatable bonds is 6. The Morgan fingerprint density at radius 1 is 1.19 bits per heavy atom. The number of pyridine rings is 1. The van der Waals surface area contributed by atoms with Crippen LogP contribution in [0.5, 0.6) is 0 Å². The minimum Gasteiger partial charge on any atom is -0.364 e. The van der Waals surface area contributed by atoms with Gasteiger partial charge in [-0.15, -0.1) is 0 Å². The first-order valence-corrected chi connectivity index (χ1v) is 8.59. The Hall–Kier alpha value is -2.77. The van der Waals surface area contributed by atoms with Gasteiger partial charge in [0.15, 0.2) is 0 Å². The number of ether oxygens (including phenoxy) is 1. The summed E-state index contributed by atoms with van der Waals surface area (Å²) in [6.07, 6.45) is 4.23. The van der Waals surface area contributed by atoms with Crippen molar-refractivity contribution in [2.75, 3.05) is 11.9 Å². The van der Waals surface area contributed by atoms with E-state index in [1.165, 1.54) is 0 Å². The third kappa shape index (κ3) is 4.65. The van der Waals surface area contributed by atoms with Crippen LogP contribution in [-0.2, 0) is 16.1 Å². The lowest BCUT2D eigenvalue weighted by Gasteiger charge is -2.13. The minimum absolute atomic E-state index is 0.0361. The summed E-state index contributed by atoms with van der Waals surface area (Å²) in [5, 5.41) is 5.66. The van der Waals surface area contributed by atoms with E-state index in [0.717, 1.165) is 12.0 Å². The maximum atomic E-state index is 12.3. The summed E-state index contributed by atoms with van der Waals surface area (Å²) in [6, 6.07) is 10.6. The highest BCUT2D eigenvalue weighted by molar-refractivity contribution is 6.04. The van der Waals surface area contributed by atoms with E-state index < -0.39 is 6.10 Å². The fourth-order valence-electron chi connectivity index (χ4n) is 2.84. The molecule has 7 nitrogen and oxygen atoms in total. The molecule has 1 aliphatic heterocycles. The maximum absolute atomic E-state index is 12.3. The van der Waals surface area contributed by atoms with Gasteiger partial charge in [0, 0.05) is 36.7 Å². The predicted octanol–water partition coefficient (Wildman–Crippen LogP) is 1.46. The monoisotopic (exact) mass is 354 g/mol. The van der Waals surface area contributed by atoms with Crippen molar-refractivity contribution >= 4 is 17.5 Å². The van der Waals surface area contributed by atoms with Crippen LogP contribution < -0.4 is 16.4 Å². The highest BCUT2D eigenvalue weighted by Gasteiger charge is 2.29. The molecule has 3 rings (SSSR count). The van der Waals surface area contributed by atoms with Crippen molar-refractivity contribution in [1.82, 2.24) is 10.3 Å². The van der Waals surface area contributed by atoms with E-state index in [1.807, 2.05) is 6.07 Å². The third-order valence-corrected chi connectivity index (χ3v) is 4.26. The molecule has 1 fully saturated rings. The molecule has 2 heterocycles. The molecule has 136 valence electrons. The van der Waals surface area contributed by atoms with Gasteiger partial charge < -0.3 is 21.1 Å². The van der Waals surface area contributed by atoms with Gasteiger partial charge in [-0.3, -0.25) is 14.6 Å². The molecule has 4 N–H and O–H groups in total. The van der Waals surface area contributed by atoms with Gasteiger partial charge in [-0.25, -0.2) is 0 Å². The molecule has 0 bridgehead atoms. The van der Waals surface area contributed by atoms with Gasteiger partial charge in [-0.1, -0.05) is 12.1 Å². The van der Waals surface area contributed by atoms with Crippen LogP contribution >= 0.6 is 0 Å². The number of nitrogens with zero attached hydrogens (tertiary/aromatic N) is 1. The first-order valence-electron chi connectivity index (χ1n) is 8.59. The zero-order chi connectivity index (χ0) is 18.4. The van der Waals surface area contributed by atoms with E-state index >= 15 is 0 Å². The van der Waals surface area contributed by atoms with E-state index in [2.05, 4.69) is 15.6 Å². The summed E-state index contributed by atoms with van der Waals surface area (Å²) < 4.78 is 5.58. The summed E-state index contributed by atoms with van der Waals surface area (Å²) in [7, 11) is 0. The topological polar surface area (TPSA) is 106 Å². The molecule has 1 saturated heterocycles. The average molecular weight is 354 g/mol. The first-order chi connectivity index (χ1) is 12.7. The molecule has 1 aromatic carbocycles. The third-order valence-electron chi connectivity index (χ3n) is 4.26. The fraction of sp³-hybridized carbons (Fsp3) is 0.316. The quantitative estimate of drug-likeness (QED) is 0.728. The molecular weight excluding hydrogens is 332 g/mol. The van der Waals surface area contributed by atoms with Gasteiger partial charge in [0.2, 0.25) is 5.91 Å². The number of nitrogens with one attached hydrogen (secondary N) is 2. The second-order valence-corrected chi connectivity index (χ2v) is 6.17. The zero-order valence-electron chi connectivity index (χ0n) is 14.4. The Kier molecular flexibility index (Phi) is 5.93. The number of hydrogen-bond acceptors (Lipinski definition) is 5. The van der Waals surface area contributed by atoms with Crippen LogP contribution in [0.1, 0.15) is 28.8 Å². The van der Waals surface area contributed by atoms with Crippen molar-refractivity contribution in [3.63, 3.8) is 0 Å². The van der Waals surface area contributed by atoms with Crippen molar-refractivity contribution < 1.29 is 14.3 Å². The zero-order valence-corrected chi connectivity index (χ0v) is 14.4. The number of benzene rings is 1. The molecular formula is C19H22N4O3. The number of carbonyl (C=O) groups is 2. The van der Waals surface area contributed by atoms with Crippen LogP contribution in [0.2, 0.25) is 0 Å². The van der Waals surface area contributed by atoms with Crippen molar-refractivity contribution in [3.8, 4) is 0 Å². The number of carbonyl (C=O) groups excluding carboxylic acids is 2. The lowest BCUT2D eigenvalue weighted by molar-refractivity contribution is -0.132. The Bertz CT molecular complexity index is 766. The molecule has 2 atom stereocenters. The van der Waals surface area contributed by atoms with Crippen molar-refractivity contribution in [1.29, 1.82) is 0 Å². The second-order valence-electron chi connectivity index (χ2n) is 6.17. The lowest BCUT2D eigenvalue weighted by atomic mass is 10.1. The van der Waals surface area contributed by atoms with Crippen LogP contribution in [0.3, 0.4) is 0 Å². The minimum atomic E-state index is -0.443. The Morgan fingerprint density at radius 3 is 2.73 bits per heavy atom. The molecule has 2 aromatic rings. The Balaban J connectivity index is 1.55. The van der Waals surface area contributed by atoms with Crippen molar-refractivity contribution in [3.05, 3.63) is 59.9 Å². The number of hydrogen-bond donors (Lipinski definition) is 3. The van der Waals surface area contributed by atoms with Gasteiger partial charge in [0.25, 0.3) is 5.91 Å². The van der Waals surface area contributed by atoms with Gasteiger partial charge in [0.1, 0.15) is 6.10 Å². The van der Waals surface area contributed by atoms with E-state index in [-0.39, 0.29) is 17.9 Å². The summed E-state index contributed by atoms with van der Waals surface area (Å²) in [5.74, 6) is -0.359. The number of anilines is 1. The highest BCUT2D eigenvalue weighted by Crippen LogP contribution is 2.19. The van der Waals surface area contributed by atoms with E-state index in [1.54, 1.807) is 42.7 Å². The molecule has 7 heteroatoms. The SMILES string of the molecule is NC[C@H]1CC[C@@H](C(=O)NCc2cccc(C(=O)Nc3ccncc3)c2)O1. The van der Waals surface area contributed by atoms with Gasteiger partial charge in [0.05, 0.1) is 6.10 Å². The molecule has 2 amide bonds. The van der Waals surface area contributed by atoms with E-state index in [4.69, 9.17) is 10.5 Å². The standard InChI is InChI=1S/C19H22N4O3/c20-11-16-4-5-17(26-16)19(25)22-12-13-2-1-3-14(10-13)18(24)23-15-6-8-21-9-7-15/h1-3,6-10,16-17H,4-5,11-12,20H2,(H,22,25)(H,21,23,24)/t16-,17+/m1/s1. The fourth-order valence-corrected chi connectivity index (χ4v) is 2.84. The summed E-state index contributed by atoms with van der Waals surface area (Å²) in [4.78, 5) is 28.4. The molecule has 0 spiro atoms. The van der Waals surface area contributed by atoms with Gasteiger partial charge in [-0.2, -0.15) is 0 Å². The molecule has 0 aliphatic carbocycles. The molecule has 0 radical (unpaired) electrons. The average Bonchev–Trinajstić information content (AvgIpc) is 3.16. The molecule has 0 saturated carbocycles. The highest BCUT2D eigenvalue weighted by atomic mass is 16.5. The largest absolute Gasteiger partial charge is 0.364 e. The number of nitrogens with two attached hydrogens (primary N) is 1. The van der Waals surface area contributed by atoms with Crippen LogP contribution in [-0.4, -0.2) is 35.6 Å². The van der Waals surface area contributed by atoms with Crippen LogP contribution in [0, 0.1) is 0 Å². The molecule has 1 aliphatic rings. The smallest absolute Gasteiger partial charge is 0.255 e. The molecule has 0 unspecified atom stereocenters. The first kappa shape index (κ1) is 18.0. The Morgan fingerprint density at radius 2 is 2.00 bits per heavy atom. The van der Waals surface area contributed by atoms with Gasteiger partial charge >= 0.3 is 0 Å². The summed E-state index contributed by atoms with van der Waals surface area (Å²) in [5.41, 5.74) is 7.60. The Labute approximate surface area is 151 Å². The maximum Gasteiger partial charge on any atom is 0.255 e. The summed E-state index contributed by atoms with van der Waals surface area (Å²) >= 11 is 0. The van der Waals surface area contributed by atoms with Crippen LogP contribution in [0.25, 0.3) is 0 Å². The molecule has 26 heavy (non-hydrogen) atoms. The van der Waals surface area contributed by atoms with Crippen molar-refractivity contribution in [2.45, 2.75) is 31.6 Å². The number of aromatic nitrogens is 1. The van der Waals surface area contributed by atoms with Crippen molar-refractivity contribution in [2.24, 2.45) is 5.73 Å². The normalized spacial score (nSPS) is 19.1. The summed E-state index contributed by atoms with van der Waals surface area (Å²) in [6.45, 7) is 0.765. The lowest BCUT2D eigenvalue weighted by Crippen LogP contribution is -2.35. The van der Waals surface area contributed by atoms with Crippen LogP contribution in [0.4, 0.5) is 5.69 Å². The number of amides is 2. The van der Waals surface area contributed by atoms with E-state index in [9.17, 15) is 9.59 Å². The second kappa shape index (κ2) is 8.55. The van der Waals surface area contributed by atoms with E-state index in [0.29, 0.717) is 30.8 Å². The van der Waals surface area contributed by atoms with Crippen LogP contribution in [0.15, 0.2) is 48.8 Å². The predicted molar refractivity (Wildman–Crippen MR) is 97.4 cm³/mol. The van der Waals surface area contributed by atoms with Gasteiger partial charge in [-0.05, 0) is 42.7 Å². The molecule has 1 aromatic heterocycles.